The van der Waals surface area contributed by atoms with E-state index in [-0.39, 0.29) is 0 Å². The second-order valence-corrected chi connectivity index (χ2v) is 3.57. The van der Waals surface area contributed by atoms with Crippen LogP contribution in [0.4, 0.5) is 5.69 Å². The van der Waals surface area contributed by atoms with Crippen molar-refractivity contribution < 1.29 is 0 Å². The number of aromatic nitrogens is 3. The molecule has 4 heteroatoms. The minimum Gasteiger partial charge on any atom is -0.399 e. The Hall–Kier alpha value is -2.36. The van der Waals surface area contributed by atoms with Crippen molar-refractivity contribution in [3.05, 3.63) is 48.8 Å². The minimum absolute atomic E-state index is 0.755. The molecule has 0 fully saturated rings. The fourth-order valence-corrected chi connectivity index (χ4v) is 1.62. The molecule has 0 atom stereocenters. The van der Waals surface area contributed by atoms with Crippen LogP contribution >= 0.6 is 0 Å². The van der Waals surface area contributed by atoms with E-state index in [4.69, 9.17) is 5.73 Å². The Morgan fingerprint density at radius 2 is 1.88 bits per heavy atom. The maximum Gasteiger partial charge on any atom is 0.154 e. The number of hydrogen-bond acceptors (Lipinski definition) is 3. The van der Waals surface area contributed by atoms with Crippen LogP contribution < -0.4 is 5.73 Å². The van der Waals surface area contributed by atoms with E-state index in [2.05, 4.69) is 10.1 Å². The predicted molar refractivity (Wildman–Crippen MR) is 62.8 cm³/mol. The van der Waals surface area contributed by atoms with Crippen LogP contribution in [0.2, 0.25) is 0 Å². The minimum atomic E-state index is 0.755. The highest BCUT2D eigenvalue weighted by molar-refractivity contribution is 5.64. The van der Waals surface area contributed by atoms with E-state index in [0.717, 1.165) is 22.6 Å². The zero-order valence-electron chi connectivity index (χ0n) is 8.54. The zero-order valence-corrected chi connectivity index (χ0v) is 8.54. The van der Waals surface area contributed by atoms with Crippen LogP contribution in [0.15, 0.2) is 48.8 Å². The summed E-state index contributed by atoms with van der Waals surface area (Å²) >= 11 is 0. The van der Waals surface area contributed by atoms with Gasteiger partial charge in [0.15, 0.2) is 5.65 Å². The van der Waals surface area contributed by atoms with Gasteiger partial charge < -0.3 is 5.73 Å². The molecule has 3 aromatic rings. The summed E-state index contributed by atoms with van der Waals surface area (Å²) in [6.07, 6.45) is 3.64. The maximum atomic E-state index is 5.64. The van der Waals surface area contributed by atoms with Gasteiger partial charge in [0.2, 0.25) is 0 Å². The van der Waals surface area contributed by atoms with Crippen LogP contribution in [0.3, 0.4) is 0 Å². The number of hydrogen-bond donors (Lipinski definition) is 1. The largest absolute Gasteiger partial charge is 0.399 e. The number of rotatable bonds is 1. The molecule has 16 heavy (non-hydrogen) atoms. The lowest BCUT2D eigenvalue weighted by Gasteiger charge is -1.95. The molecule has 0 saturated carbocycles. The monoisotopic (exact) mass is 210 g/mol. The molecule has 0 aliphatic carbocycles. The Morgan fingerprint density at radius 1 is 1.06 bits per heavy atom. The number of imidazole rings is 1. The maximum absolute atomic E-state index is 5.64. The Labute approximate surface area is 92.4 Å². The number of fused-ring (bicyclic) bond motifs is 1. The second kappa shape index (κ2) is 3.34. The van der Waals surface area contributed by atoms with Crippen LogP contribution in [0.5, 0.6) is 0 Å². The zero-order chi connectivity index (χ0) is 11.0. The van der Waals surface area contributed by atoms with Crippen molar-refractivity contribution in [1.82, 2.24) is 14.6 Å². The van der Waals surface area contributed by atoms with Gasteiger partial charge in [-0.05, 0) is 24.3 Å². The molecule has 0 bridgehead atoms. The van der Waals surface area contributed by atoms with Gasteiger partial charge in [0, 0.05) is 17.4 Å². The summed E-state index contributed by atoms with van der Waals surface area (Å²) in [5.74, 6) is 0. The molecule has 78 valence electrons. The number of nitrogen functional groups attached to an aromatic ring is 1. The SMILES string of the molecule is Nc1ccc(-c2cn3ncccc3n2)cc1. The van der Waals surface area contributed by atoms with Crippen LogP contribution in [0, 0.1) is 0 Å². The van der Waals surface area contributed by atoms with E-state index < -0.39 is 0 Å². The first kappa shape index (κ1) is 8.91. The lowest BCUT2D eigenvalue weighted by Crippen LogP contribution is -1.85. The molecule has 0 aliphatic rings. The first-order valence-corrected chi connectivity index (χ1v) is 4.99. The van der Waals surface area contributed by atoms with Crippen molar-refractivity contribution >= 4 is 11.3 Å². The second-order valence-electron chi connectivity index (χ2n) is 3.57. The Kier molecular flexibility index (Phi) is 1.86. The fraction of sp³-hybridized carbons (Fsp3) is 0. The Balaban J connectivity index is 2.15. The summed E-state index contributed by atoms with van der Waals surface area (Å²) in [5.41, 5.74) is 9.18. The van der Waals surface area contributed by atoms with Crippen LogP contribution in [0.25, 0.3) is 16.9 Å². The summed E-state index contributed by atoms with van der Waals surface area (Å²) in [5, 5.41) is 4.17. The van der Waals surface area contributed by atoms with Gasteiger partial charge in [-0.3, -0.25) is 0 Å². The predicted octanol–water partition coefficient (Wildman–Crippen LogP) is 1.98. The topological polar surface area (TPSA) is 56.2 Å². The molecule has 2 aromatic heterocycles. The molecule has 0 spiro atoms. The molecule has 0 unspecified atom stereocenters. The molecule has 4 nitrogen and oxygen atoms in total. The quantitative estimate of drug-likeness (QED) is 0.625. The van der Waals surface area contributed by atoms with E-state index in [1.807, 2.05) is 42.6 Å². The van der Waals surface area contributed by atoms with E-state index in [9.17, 15) is 0 Å². The summed E-state index contributed by atoms with van der Waals surface area (Å²) < 4.78 is 1.76. The molecule has 0 aliphatic heterocycles. The van der Waals surface area contributed by atoms with Gasteiger partial charge in [-0.1, -0.05) is 12.1 Å². The number of anilines is 1. The summed E-state index contributed by atoms with van der Waals surface area (Å²) in [4.78, 5) is 4.47. The number of benzene rings is 1. The van der Waals surface area contributed by atoms with Crippen molar-refractivity contribution in [1.29, 1.82) is 0 Å². The van der Waals surface area contributed by atoms with Crippen molar-refractivity contribution in [2.75, 3.05) is 5.73 Å². The van der Waals surface area contributed by atoms with Crippen molar-refractivity contribution in [2.45, 2.75) is 0 Å². The van der Waals surface area contributed by atoms with Crippen LogP contribution in [-0.4, -0.2) is 14.6 Å². The first-order chi connectivity index (χ1) is 7.83. The molecule has 0 amide bonds. The molecular weight excluding hydrogens is 200 g/mol. The van der Waals surface area contributed by atoms with Gasteiger partial charge in [0.05, 0.1) is 11.9 Å². The lowest BCUT2D eigenvalue weighted by atomic mass is 10.1. The number of nitrogens with two attached hydrogens (primary N) is 1. The smallest absolute Gasteiger partial charge is 0.154 e. The molecule has 0 saturated heterocycles. The molecule has 0 radical (unpaired) electrons. The van der Waals surface area contributed by atoms with Crippen molar-refractivity contribution in [2.24, 2.45) is 0 Å². The van der Waals surface area contributed by atoms with E-state index in [1.165, 1.54) is 0 Å². The lowest BCUT2D eigenvalue weighted by molar-refractivity contribution is 0.936. The standard InChI is InChI=1S/C12H10N4/c13-10-5-3-9(4-6-10)11-8-16-12(15-11)2-1-7-14-16/h1-8H,13H2. The van der Waals surface area contributed by atoms with Crippen molar-refractivity contribution in [3.8, 4) is 11.3 Å². The highest BCUT2D eigenvalue weighted by atomic mass is 15.2. The third-order valence-corrected chi connectivity index (χ3v) is 2.44. The summed E-state index contributed by atoms with van der Waals surface area (Å²) in [7, 11) is 0. The van der Waals surface area contributed by atoms with E-state index >= 15 is 0 Å². The first-order valence-electron chi connectivity index (χ1n) is 4.99. The highest BCUT2D eigenvalue weighted by Crippen LogP contribution is 2.19. The average Bonchev–Trinajstić information content (AvgIpc) is 2.73. The summed E-state index contributed by atoms with van der Waals surface area (Å²) in [6, 6.07) is 11.4. The Bertz CT molecular complexity index is 592. The van der Waals surface area contributed by atoms with Gasteiger partial charge in [-0.15, -0.1) is 0 Å². The fourth-order valence-electron chi connectivity index (χ4n) is 1.62. The molecule has 1 aromatic carbocycles. The summed E-state index contributed by atoms with van der Waals surface area (Å²) in [6.45, 7) is 0. The van der Waals surface area contributed by atoms with E-state index in [1.54, 1.807) is 10.7 Å². The highest BCUT2D eigenvalue weighted by Gasteiger charge is 2.03. The van der Waals surface area contributed by atoms with Crippen LogP contribution in [0.1, 0.15) is 0 Å². The third-order valence-electron chi connectivity index (χ3n) is 2.44. The van der Waals surface area contributed by atoms with Gasteiger partial charge in [-0.25, -0.2) is 9.50 Å². The molecular formula is C12H10N4. The van der Waals surface area contributed by atoms with Gasteiger partial charge >= 0.3 is 0 Å². The Morgan fingerprint density at radius 3 is 2.62 bits per heavy atom. The molecule has 2 N–H and O–H groups in total. The van der Waals surface area contributed by atoms with Gasteiger partial charge in [0.1, 0.15) is 0 Å². The molecule has 3 rings (SSSR count). The van der Waals surface area contributed by atoms with Crippen molar-refractivity contribution in [3.63, 3.8) is 0 Å². The molecule has 2 heterocycles. The van der Waals surface area contributed by atoms with Crippen LogP contribution in [-0.2, 0) is 0 Å². The average molecular weight is 210 g/mol. The van der Waals surface area contributed by atoms with Gasteiger partial charge in [-0.2, -0.15) is 5.10 Å². The normalized spacial score (nSPS) is 10.8. The number of nitrogens with zero attached hydrogens (tertiary/aromatic N) is 3. The van der Waals surface area contributed by atoms with Gasteiger partial charge in [0.25, 0.3) is 0 Å². The third kappa shape index (κ3) is 1.40. The van der Waals surface area contributed by atoms with E-state index in [0.29, 0.717) is 0 Å².